The zero-order valence-electron chi connectivity index (χ0n) is 11.7. The summed E-state index contributed by atoms with van der Waals surface area (Å²) in [6, 6.07) is 6.78. The van der Waals surface area contributed by atoms with E-state index in [9.17, 15) is 4.79 Å². The van der Waals surface area contributed by atoms with E-state index in [1.807, 2.05) is 6.07 Å². The average Bonchev–Trinajstić information content (AvgIpc) is 2.37. The summed E-state index contributed by atoms with van der Waals surface area (Å²) in [5.74, 6) is 0.280. The Bertz CT molecular complexity index is 437. The molecular formula is C16H23NO. The Balaban J connectivity index is 2.29. The third kappa shape index (κ3) is 2.58. The molecule has 2 rings (SSSR count). The number of hydrogen-bond acceptors (Lipinski definition) is 2. The highest BCUT2D eigenvalue weighted by atomic mass is 16.1. The summed E-state index contributed by atoms with van der Waals surface area (Å²) in [5.41, 5.74) is 3.56. The summed E-state index contributed by atoms with van der Waals surface area (Å²) in [4.78, 5) is 14.4. The first-order chi connectivity index (χ1) is 8.63. The van der Waals surface area contributed by atoms with E-state index in [1.165, 1.54) is 17.7 Å². The van der Waals surface area contributed by atoms with Crippen LogP contribution in [0.15, 0.2) is 18.2 Å². The molecule has 0 atom stereocenters. The predicted molar refractivity (Wildman–Crippen MR) is 76.5 cm³/mol. The van der Waals surface area contributed by atoms with Crippen molar-refractivity contribution in [3.63, 3.8) is 0 Å². The van der Waals surface area contributed by atoms with Crippen molar-refractivity contribution in [1.29, 1.82) is 0 Å². The Morgan fingerprint density at radius 1 is 1.39 bits per heavy atom. The molecule has 18 heavy (non-hydrogen) atoms. The van der Waals surface area contributed by atoms with Crippen LogP contribution in [0.4, 0.5) is 5.69 Å². The molecule has 0 N–H and O–H groups in total. The molecule has 2 nitrogen and oxygen atoms in total. The zero-order valence-corrected chi connectivity index (χ0v) is 11.7. The molecule has 1 aromatic carbocycles. The van der Waals surface area contributed by atoms with Gasteiger partial charge in [-0.2, -0.15) is 0 Å². The second kappa shape index (κ2) is 5.55. The van der Waals surface area contributed by atoms with Crippen LogP contribution in [0.5, 0.6) is 0 Å². The van der Waals surface area contributed by atoms with Gasteiger partial charge in [0.05, 0.1) is 0 Å². The van der Waals surface area contributed by atoms with E-state index in [0.29, 0.717) is 12.5 Å². The molecule has 0 bridgehead atoms. The van der Waals surface area contributed by atoms with E-state index in [0.717, 1.165) is 24.9 Å². The molecule has 0 unspecified atom stereocenters. The van der Waals surface area contributed by atoms with E-state index in [2.05, 4.69) is 37.8 Å². The number of carbonyl (C=O) groups is 1. The molecule has 0 radical (unpaired) electrons. The number of ketones is 1. The van der Waals surface area contributed by atoms with Crippen molar-refractivity contribution in [2.45, 2.75) is 52.5 Å². The molecule has 1 aromatic rings. The Morgan fingerprint density at radius 3 is 2.83 bits per heavy atom. The number of hydrogen-bond donors (Lipinski definition) is 0. The summed E-state index contributed by atoms with van der Waals surface area (Å²) in [5, 5.41) is 0. The first-order valence-corrected chi connectivity index (χ1v) is 7.06. The minimum atomic E-state index is 0.280. The van der Waals surface area contributed by atoms with Crippen LogP contribution >= 0.6 is 0 Å². The lowest BCUT2D eigenvalue weighted by Gasteiger charge is -2.34. The fraction of sp³-hybridized carbons (Fsp3) is 0.562. The molecule has 0 aromatic heterocycles. The van der Waals surface area contributed by atoms with Crippen LogP contribution in [-0.2, 0) is 6.42 Å². The van der Waals surface area contributed by atoms with Crippen molar-refractivity contribution in [3.05, 3.63) is 29.3 Å². The van der Waals surface area contributed by atoms with E-state index >= 15 is 0 Å². The van der Waals surface area contributed by atoms with Crippen molar-refractivity contribution in [3.8, 4) is 0 Å². The molecule has 2 heteroatoms. The van der Waals surface area contributed by atoms with Gasteiger partial charge in [-0.1, -0.05) is 6.92 Å². The number of Topliss-reactive ketones (excluding diaryl/α,β-unsaturated/α-hetero) is 1. The molecule has 0 aliphatic carbocycles. The van der Waals surface area contributed by atoms with Crippen LogP contribution in [0, 0.1) is 0 Å². The molecule has 1 aliphatic rings. The Morgan fingerprint density at radius 2 is 2.17 bits per heavy atom. The van der Waals surface area contributed by atoms with Crippen LogP contribution in [0.25, 0.3) is 0 Å². The highest BCUT2D eigenvalue weighted by Crippen LogP contribution is 2.29. The van der Waals surface area contributed by atoms with Crippen LogP contribution in [0.3, 0.4) is 0 Å². The molecule has 98 valence electrons. The molecule has 1 heterocycles. The van der Waals surface area contributed by atoms with Crippen LogP contribution in [0.1, 0.15) is 56.0 Å². The van der Waals surface area contributed by atoms with Crippen LogP contribution in [0.2, 0.25) is 0 Å². The van der Waals surface area contributed by atoms with Crippen LogP contribution in [-0.4, -0.2) is 18.4 Å². The maximum atomic E-state index is 11.9. The van der Waals surface area contributed by atoms with Gasteiger partial charge in [0, 0.05) is 30.3 Å². The van der Waals surface area contributed by atoms with E-state index in [1.54, 1.807) is 0 Å². The highest BCUT2D eigenvalue weighted by molar-refractivity contribution is 5.96. The van der Waals surface area contributed by atoms with Gasteiger partial charge >= 0.3 is 0 Å². The second-order valence-corrected chi connectivity index (χ2v) is 5.41. The van der Waals surface area contributed by atoms with Crippen molar-refractivity contribution < 1.29 is 4.79 Å². The van der Waals surface area contributed by atoms with Gasteiger partial charge in [0.15, 0.2) is 5.78 Å². The van der Waals surface area contributed by atoms with Gasteiger partial charge in [-0.25, -0.2) is 0 Å². The molecule has 0 spiro atoms. The van der Waals surface area contributed by atoms with Gasteiger partial charge in [-0.3, -0.25) is 4.79 Å². The lowest BCUT2D eigenvalue weighted by Crippen LogP contribution is -2.35. The van der Waals surface area contributed by atoms with Crippen molar-refractivity contribution in [2.75, 3.05) is 11.4 Å². The van der Waals surface area contributed by atoms with Crippen molar-refractivity contribution >= 4 is 11.5 Å². The van der Waals surface area contributed by atoms with Gasteiger partial charge in [0.2, 0.25) is 0 Å². The second-order valence-electron chi connectivity index (χ2n) is 5.41. The fourth-order valence-corrected chi connectivity index (χ4v) is 2.71. The van der Waals surface area contributed by atoms with Gasteiger partial charge in [-0.15, -0.1) is 0 Å². The number of anilines is 1. The summed E-state index contributed by atoms with van der Waals surface area (Å²) in [6.45, 7) is 7.64. The first-order valence-electron chi connectivity index (χ1n) is 7.06. The van der Waals surface area contributed by atoms with Crippen molar-refractivity contribution in [1.82, 2.24) is 0 Å². The summed E-state index contributed by atoms with van der Waals surface area (Å²) in [6.07, 6.45) is 3.88. The maximum absolute atomic E-state index is 11.9. The van der Waals surface area contributed by atoms with Gasteiger partial charge in [0.1, 0.15) is 0 Å². The number of carbonyl (C=O) groups excluding carboxylic acids is 1. The molecule has 1 aliphatic heterocycles. The highest BCUT2D eigenvalue weighted by Gasteiger charge is 2.20. The fourth-order valence-electron chi connectivity index (χ4n) is 2.71. The van der Waals surface area contributed by atoms with Crippen LogP contribution < -0.4 is 4.90 Å². The predicted octanol–water partition coefficient (Wildman–Crippen LogP) is 3.83. The summed E-state index contributed by atoms with van der Waals surface area (Å²) >= 11 is 0. The molecule has 0 saturated carbocycles. The topological polar surface area (TPSA) is 20.3 Å². The molecule has 0 amide bonds. The quantitative estimate of drug-likeness (QED) is 0.751. The van der Waals surface area contributed by atoms with Gasteiger partial charge in [0.25, 0.3) is 0 Å². The largest absolute Gasteiger partial charge is 0.369 e. The minimum Gasteiger partial charge on any atom is -0.369 e. The summed E-state index contributed by atoms with van der Waals surface area (Å²) in [7, 11) is 0. The smallest absolute Gasteiger partial charge is 0.162 e. The number of fused-ring (bicyclic) bond motifs is 1. The van der Waals surface area contributed by atoms with Gasteiger partial charge in [-0.05, 0) is 56.9 Å². The zero-order chi connectivity index (χ0) is 13.1. The Kier molecular flexibility index (Phi) is 4.05. The van der Waals surface area contributed by atoms with E-state index in [-0.39, 0.29) is 5.78 Å². The number of aryl methyl sites for hydroxylation is 1. The summed E-state index contributed by atoms with van der Waals surface area (Å²) < 4.78 is 0. The normalized spacial score (nSPS) is 14.8. The van der Waals surface area contributed by atoms with Gasteiger partial charge < -0.3 is 4.90 Å². The number of benzene rings is 1. The Labute approximate surface area is 110 Å². The standard InChI is InChI=1S/C16H23NO/c1-4-6-16(18)14-8-9-15-13(11-14)7-5-10-17(15)12(2)3/h8-9,11-12H,4-7,10H2,1-3H3. The minimum absolute atomic E-state index is 0.280. The molecular weight excluding hydrogens is 222 g/mol. The SMILES string of the molecule is CCCC(=O)c1ccc2c(c1)CCCN2C(C)C. The van der Waals surface area contributed by atoms with Crippen molar-refractivity contribution in [2.24, 2.45) is 0 Å². The lowest BCUT2D eigenvalue weighted by molar-refractivity contribution is 0.0981. The lowest BCUT2D eigenvalue weighted by atomic mass is 9.96. The first kappa shape index (κ1) is 13.1. The number of rotatable bonds is 4. The Hall–Kier alpha value is -1.31. The van der Waals surface area contributed by atoms with E-state index < -0.39 is 0 Å². The average molecular weight is 245 g/mol. The maximum Gasteiger partial charge on any atom is 0.162 e. The monoisotopic (exact) mass is 245 g/mol. The third-order valence-corrected chi connectivity index (χ3v) is 3.66. The number of nitrogens with zero attached hydrogens (tertiary/aromatic N) is 1. The third-order valence-electron chi connectivity index (χ3n) is 3.66. The molecule has 0 saturated heterocycles. The molecule has 0 fully saturated rings. The van der Waals surface area contributed by atoms with E-state index in [4.69, 9.17) is 0 Å².